The van der Waals surface area contributed by atoms with Crippen molar-refractivity contribution in [3.63, 3.8) is 0 Å². The Morgan fingerprint density at radius 3 is 2.83 bits per heavy atom. The number of carbonyl (C=O) groups is 1. The summed E-state index contributed by atoms with van der Waals surface area (Å²) < 4.78 is 5.74. The van der Waals surface area contributed by atoms with Crippen molar-refractivity contribution in [2.24, 2.45) is 17.3 Å². The highest BCUT2D eigenvalue weighted by Gasteiger charge is 2.64. The van der Waals surface area contributed by atoms with E-state index in [0.29, 0.717) is 29.3 Å². The molecule has 3 nitrogen and oxygen atoms in total. The van der Waals surface area contributed by atoms with Gasteiger partial charge in [-0.2, -0.15) is 0 Å². The van der Waals surface area contributed by atoms with Gasteiger partial charge < -0.3 is 9.84 Å². The van der Waals surface area contributed by atoms with Gasteiger partial charge in [0.2, 0.25) is 0 Å². The molecule has 1 aromatic rings. The Morgan fingerprint density at radius 1 is 1.25 bits per heavy atom. The van der Waals surface area contributed by atoms with Crippen molar-refractivity contribution in [3.05, 3.63) is 29.3 Å². The molecule has 1 spiro atoms. The number of aromatic hydroxyl groups is 1. The third-order valence-corrected chi connectivity index (χ3v) is 8.01. The third kappa shape index (κ3) is 1.69. The lowest BCUT2D eigenvalue weighted by Gasteiger charge is -2.50. The molecule has 5 rings (SSSR count). The average molecular weight is 326 g/mol. The van der Waals surface area contributed by atoms with Gasteiger partial charge in [-0.3, -0.25) is 4.79 Å². The first-order valence-corrected chi connectivity index (χ1v) is 9.39. The smallest absolute Gasteiger partial charge is 0.139 e. The maximum absolute atomic E-state index is 12.5. The molecular weight excluding hydrogens is 300 g/mol. The Balaban J connectivity index is 1.62. The summed E-state index contributed by atoms with van der Waals surface area (Å²) in [6, 6.07) is 5.97. The van der Waals surface area contributed by atoms with Gasteiger partial charge in [-0.25, -0.2) is 0 Å². The molecule has 4 aliphatic carbocycles. The summed E-state index contributed by atoms with van der Waals surface area (Å²) >= 11 is 0. The minimum absolute atomic E-state index is 0.0773. The largest absolute Gasteiger partial charge is 0.508 e. The van der Waals surface area contributed by atoms with E-state index in [1.165, 1.54) is 11.1 Å². The number of fused-ring (bicyclic) bond motifs is 6. The zero-order chi connectivity index (χ0) is 16.7. The van der Waals surface area contributed by atoms with Crippen LogP contribution in [0.2, 0.25) is 0 Å². The van der Waals surface area contributed by atoms with E-state index >= 15 is 0 Å². The number of benzene rings is 1. The van der Waals surface area contributed by atoms with Crippen LogP contribution in [-0.2, 0) is 14.9 Å². The van der Waals surface area contributed by atoms with Gasteiger partial charge in [-0.15, -0.1) is 0 Å². The molecule has 4 unspecified atom stereocenters. The second-order valence-corrected chi connectivity index (χ2v) is 8.86. The quantitative estimate of drug-likeness (QED) is 0.850. The Morgan fingerprint density at radius 2 is 2.08 bits per heavy atom. The molecule has 1 aromatic carbocycles. The fraction of sp³-hybridized carbons (Fsp3) is 0.667. The predicted octanol–water partition coefficient (Wildman–Crippen LogP) is 3.93. The van der Waals surface area contributed by atoms with Crippen LogP contribution in [0, 0.1) is 17.3 Å². The van der Waals surface area contributed by atoms with Gasteiger partial charge in [-0.05, 0) is 73.1 Å². The second kappa shape index (κ2) is 4.63. The molecule has 3 heteroatoms. The van der Waals surface area contributed by atoms with Crippen LogP contribution in [-0.4, -0.2) is 24.1 Å². The number of carbonyl (C=O) groups excluding carboxylic acids is 1. The summed E-state index contributed by atoms with van der Waals surface area (Å²) in [5.41, 5.74) is 2.73. The number of phenols is 1. The number of ether oxygens (including phenoxy) is 1. The Hall–Kier alpha value is -1.35. The van der Waals surface area contributed by atoms with Crippen LogP contribution in [0.25, 0.3) is 0 Å². The van der Waals surface area contributed by atoms with Gasteiger partial charge in [0.15, 0.2) is 0 Å². The van der Waals surface area contributed by atoms with E-state index in [1.54, 1.807) is 7.11 Å². The number of rotatable bonds is 1. The highest BCUT2D eigenvalue weighted by atomic mass is 16.5. The van der Waals surface area contributed by atoms with Crippen molar-refractivity contribution < 1.29 is 14.6 Å². The summed E-state index contributed by atoms with van der Waals surface area (Å²) in [7, 11) is 1.80. The fourth-order valence-electron chi connectivity index (χ4n) is 6.64. The maximum Gasteiger partial charge on any atom is 0.139 e. The summed E-state index contributed by atoms with van der Waals surface area (Å²) in [5, 5.41) is 10.0. The van der Waals surface area contributed by atoms with Gasteiger partial charge in [0.05, 0.1) is 6.10 Å². The number of ketones is 1. The van der Waals surface area contributed by atoms with Crippen LogP contribution >= 0.6 is 0 Å². The van der Waals surface area contributed by atoms with Crippen molar-refractivity contribution in [3.8, 4) is 5.75 Å². The first-order chi connectivity index (χ1) is 11.5. The van der Waals surface area contributed by atoms with E-state index in [2.05, 4.69) is 13.0 Å². The van der Waals surface area contributed by atoms with Crippen LogP contribution in [0.15, 0.2) is 18.2 Å². The minimum Gasteiger partial charge on any atom is -0.508 e. The average Bonchev–Trinajstić information content (AvgIpc) is 3.19. The molecule has 0 bridgehead atoms. The van der Waals surface area contributed by atoms with Crippen molar-refractivity contribution in [2.45, 2.75) is 62.9 Å². The third-order valence-electron chi connectivity index (χ3n) is 8.01. The Labute approximate surface area is 143 Å². The molecule has 4 aliphatic rings. The summed E-state index contributed by atoms with van der Waals surface area (Å²) in [4.78, 5) is 12.5. The maximum atomic E-state index is 12.5. The Bertz CT molecular complexity index is 726. The van der Waals surface area contributed by atoms with Crippen molar-refractivity contribution in [1.29, 1.82) is 0 Å². The Kier molecular flexibility index (Phi) is 2.88. The number of phenolic OH excluding ortho intramolecular Hbond substituents is 1. The normalized spacial score (nSPS) is 45.7. The molecule has 128 valence electrons. The number of Topliss-reactive ketones (excluding diaryl/α,β-unsaturated/α-hetero) is 1. The van der Waals surface area contributed by atoms with Gasteiger partial charge in [0.1, 0.15) is 11.5 Å². The number of hydrogen-bond donors (Lipinski definition) is 1. The zero-order valence-electron chi connectivity index (χ0n) is 14.5. The van der Waals surface area contributed by atoms with Gasteiger partial charge in [0, 0.05) is 24.4 Å². The lowest BCUT2D eigenvalue weighted by molar-refractivity contribution is -0.129. The molecule has 0 radical (unpaired) electrons. The van der Waals surface area contributed by atoms with E-state index in [4.69, 9.17) is 4.74 Å². The lowest BCUT2D eigenvalue weighted by Crippen LogP contribution is -2.45. The molecule has 24 heavy (non-hydrogen) atoms. The second-order valence-electron chi connectivity index (χ2n) is 8.86. The SMILES string of the molecule is CO[C@H]1CC12CC1C(CC[C@]3(C)C(=O)CCC13)c1ccc(O)cc12. The standard InChI is InChI=1S/C21H26O3/c1-20-8-7-13-14-4-3-12(22)9-17(14)21(11-19(21)24-2)10-15(13)16(20)5-6-18(20)23/h3-4,9,13,15-16,19,22H,5-8,10-11H2,1-2H3/t13?,15?,16?,19-,20-,21?/m0/s1. The van der Waals surface area contributed by atoms with Crippen LogP contribution in [0.3, 0.4) is 0 Å². The molecule has 0 amide bonds. The molecule has 0 aromatic heterocycles. The molecule has 0 heterocycles. The van der Waals surface area contributed by atoms with Crippen LogP contribution in [0.1, 0.15) is 62.5 Å². The molecule has 0 aliphatic heterocycles. The van der Waals surface area contributed by atoms with E-state index in [9.17, 15) is 9.90 Å². The van der Waals surface area contributed by atoms with E-state index in [0.717, 1.165) is 38.5 Å². The van der Waals surface area contributed by atoms with Crippen molar-refractivity contribution in [1.82, 2.24) is 0 Å². The minimum atomic E-state index is -0.0890. The highest BCUT2D eigenvalue weighted by Crippen LogP contribution is 2.67. The highest BCUT2D eigenvalue weighted by molar-refractivity contribution is 5.87. The first kappa shape index (κ1) is 14.9. The van der Waals surface area contributed by atoms with Crippen LogP contribution < -0.4 is 0 Å². The zero-order valence-corrected chi connectivity index (χ0v) is 14.5. The summed E-state index contributed by atoms with van der Waals surface area (Å²) in [5.74, 6) is 2.53. The van der Waals surface area contributed by atoms with Gasteiger partial charge in [-0.1, -0.05) is 13.0 Å². The van der Waals surface area contributed by atoms with Crippen LogP contribution in [0.4, 0.5) is 0 Å². The van der Waals surface area contributed by atoms with Crippen LogP contribution in [0.5, 0.6) is 5.75 Å². The molecular formula is C21H26O3. The fourth-order valence-corrected chi connectivity index (χ4v) is 6.64. The predicted molar refractivity (Wildman–Crippen MR) is 91.1 cm³/mol. The van der Waals surface area contributed by atoms with Gasteiger partial charge in [0.25, 0.3) is 0 Å². The summed E-state index contributed by atoms with van der Waals surface area (Å²) in [6.07, 6.45) is 6.42. The first-order valence-electron chi connectivity index (χ1n) is 9.39. The molecule has 3 fully saturated rings. The topological polar surface area (TPSA) is 46.5 Å². The molecule has 3 saturated carbocycles. The summed E-state index contributed by atoms with van der Waals surface area (Å²) in [6.45, 7) is 2.23. The molecule has 1 N–H and O–H groups in total. The van der Waals surface area contributed by atoms with Gasteiger partial charge >= 0.3 is 0 Å². The van der Waals surface area contributed by atoms with Crippen molar-refractivity contribution in [2.75, 3.05) is 7.11 Å². The molecule has 6 atom stereocenters. The van der Waals surface area contributed by atoms with E-state index in [1.807, 2.05) is 12.1 Å². The number of methoxy groups -OCH3 is 1. The van der Waals surface area contributed by atoms with E-state index in [-0.39, 0.29) is 16.9 Å². The lowest BCUT2D eigenvalue weighted by atomic mass is 9.53. The van der Waals surface area contributed by atoms with Crippen molar-refractivity contribution >= 4 is 5.78 Å². The monoisotopic (exact) mass is 326 g/mol. The number of hydrogen-bond acceptors (Lipinski definition) is 3. The molecule has 0 saturated heterocycles. The van der Waals surface area contributed by atoms with E-state index < -0.39 is 0 Å².